The molecule has 0 aromatic carbocycles. The van der Waals surface area contributed by atoms with Crippen molar-refractivity contribution >= 4 is 11.7 Å². The van der Waals surface area contributed by atoms with E-state index in [2.05, 4.69) is 11.0 Å². The van der Waals surface area contributed by atoms with E-state index in [1.54, 1.807) is 0 Å². The van der Waals surface area contributed by atoms with Gasteiger partial charge >= 0.3 is 0 Å². The molecular formula is C15H22N4O. The molecule has 1 amide bonds. The summed E-state index contributed by atoms with van der Waals surface area (Å²) >= 11 is 0. The van der Waals surface area contributed by atoms with Gasteiger partial charge in [-0.15, -0.1) is 0 Å². The summed E-state index contributed by atoms with van der Waals surface area (Å²) < 4.78 is 0. The van der Waals surface area contributed by atoms with Crippen molar-refractivity contribution in [2.75, 3.05) is 18.0 Å². The Morgan fingerprint density at radius 3 is 2.95 bits per heavy atom. The van der Waals surface area contributed by atoms with E-state index in [9.17, 15) is 4.79 Å². The van der Waals surface area contributed by atoms with Gasteiger partial charge in [-0.3, -0.25) is 4.79 Å². The molecule has 2 aliphatic rings. The quantitative estimate of drug-likeness (QED) is 0.851. The number of amides is 1. The van der Waals surface area contributed by atoms with Crippen molar-refractivity contribution in [1.29, 1.82) is 0 Å². The average molecular weight is 274 g/mol. The van der Waals surface area contributed by atoms with E-state index in [1.165, 1.54) is 17.7 Å². The molecule has 0 radical (unpaired) electrons. The highest BCUT2D eigenvalue weighted by atomic mass is 16.1. The van der Waals surface area contributed by atoms with Crippen molar-refractivity contribution in [3.8, 4) is 0 Å². The minimum atomic E-state index is -0.452. The van der Waals surface area contributed by atoms with Crippen LogP contribution >= 0.6 is 0 Å². The highest BCUT2D eigenvalue weighted by molar-refractivity contribution is 5.82. The van der Waals surface area contributed by atoms with Crippen LogP contribution in [0.15, 0.2) is 6.07 Å². The third-order valence-electron chi connectivity index (χ3n) is 4.69. The van der Waals surface area contributed by atoms with Gasteiger partial charge in [-0.25, -0.2) is 4.98 Å². The molecular weight excluding hydrogens is 252 g/mol. The van der Waals surface area contributed by atoms with E-state index in [4.69, 9.17) is 16.5 Å². The average Bonchev–Trinajstić information content (AvgIpc) is 3.03. The van der Waals surface area contributed by atoms with Gasteiger partial charge in [0.1, 0.15) is 5.82 Å². The normalized spacial score (nSPS) is 25.0. The fourth-order valence-electron chi connectivity index (χ4n) is 3.28. The number of aryl methyl sites for hydroxylation is 2. The van der Waals surface area contributed by atoms with Gasteiger partial charge in [0.25, 0.3) is 0 Å². The number of hydrogen-bond acceptors (Lipinski definition) is 4. The van der Waals surface area contributed by atoms with Gasteiger partial charge in [-0.05, 0) is 44.2 Å². The molecule has 1 aromatic rings. The summed E-state index contributed by atoms with van der Waals surface area (Å²) in [7, 11) is 0. The molecule has 1 saturated heterocycles. The first-order valence-electron chi connectivity index (χ1n) is 7.30. The van der Waals surface area contributed by atoms with Crippen molar-refractivity contribution in [3.63, 3.8) is 0 Å². The van der Waals surface area contributed by atoms with Crippen LogP contribution < -0.4 is 16.4 Å². The van der Waals surface area contributed by atoms with Crippen molar-refractivity contribution in [3.05, 3.63) is 22.9 Å². The molecule has 0 spiro atoms. The van der Waals surface area contributed by atoms with Gasteiger partial charge in [0.05, 0.1) is 5.41 Å². The van der Waals surface area contributed by atoms with E-state index in [0.717, 1.165) is 37.2 Å². The molecule has 1 aromatic heterocycles. The lowest BCUT2D eigenvalue weighted by Crippen LogP contribution is -2.37. The van der Waals surface area contributed by atoms with Gasteiger partial charge in [0, 0.05) is 30.9 Å². The number of anilines is 1. The lowest BCUT2D eigenvalue weighted by molar-refractivity contribution is -0.125. The number of nitrogens with zero attached hydrogens (tertiary/aromatic N) is 2. The molecule has 5 nitrogen and oxygen atoms in total. The highest BCUT2D eigenvalue weighted by Crippen LogP contribution is 2.35. The summed E-state index contributed by atoms with van der Waals surface area (Å²) in [6.07, 6.45) is 4.11. The van der Waals surface area contributed by atoms with Crippen molar-refractivity contribution < 1.29 is 4.79 Å². The Morgan fingerprint density at radius 1 is 1.50 bits per heavy atom. The first-order chi connectivity index (χ1) is 9.53. The Kier molecular flexibility index (Phi) is 3.17. The van der Waals surface area contributed by atoms with Crippen molar-refractivity contribution in [1.82, 2.24) is 4.98 Å². The van der Waals surface area contributed by atoms with Crippen LogP contribution in [0.4, 0.5) is 5.82 Å². The van der Waals surface area contributed by atoms with Crippen LogP contribution in [-0.4, -0.2) is 24.0 Å². The zero-order valence-corrected chi connectivity index (χ0v) is 12.0. The maximum atomic E-state index is 11.6. The predicted octanol–water partition coefficient (Wildman–Crippen LogP) is 0.731. The smallest absolute Gasteiger partial charge is 0.225 e. The maximum Gasteiger partial charge on any atom is 0.225 e. The Bertz CT molecular complexity index is 557. The van der Waals surface area contributed by atoms with Crippen molar-refractivity contribution in [2.45, 2.75) is 39.2 Å². The maximum absolute atomic E-state index is 11.6. The first kappa shape index (κ1) is 13.4. The monoisotopic (exact) mass is 274 g/mol. The number of rotatable bonds is 3. The molecule has 20 heavy (non-hydrogen) atoms. The molecule has 1 atom stereocenters. The molecule has 4 N–H and O–H groups in total. The molecule has 5 heteroatoms. The molecule has 0 bridgehead atoms. The molecule has 0 saturated carbocycles. The molecule has 2 heterocycles. The summed E-state index contributed by atoms with van der Waals surface area (Å²) in [6.45, 7) is 3.88. The van der Waals surface area contributed by atoms with Crippen LogP contribution in [0.5, 0.6) is 0 Å². The van der Waals surface area contributed by atoms with Crippen LogP contribution in [0, 0.1) is 5.41 Å². The second kappa shape index (κ2) is 4.74. The third-order valence-corrected chi connectivity index (χ3v) is 4.69. The zero-order chi connectivity index (χ0) is 14.3. The lowest BCUT2D eigenvalue weighted by Gasteiger charge is -2.24. The SMILES string of the molecule is CC1(C(N)=O)CCN(c2nc3c(cc2CN)CCC3)C1. The standard InChI is InChI=1S/C15H22N4O/c1-15(14(17)20)5-6-19(9-15)13-11(8-16)7-10-3-2-4-12(10)18-13/h7H,2-6,8-9,16H2,1H3,(H2,17,20). The Balaban J connectivity index is 1.93. The van der Waals surface area contributed by atoms with Gasteiger partial charge in [0.15, 0.2) is 0 Å². The molecule has 1 unspecified atom stereocenters. The number of carbonyl (C=O) groups excluding carboxylic acids is 1. The number of primary amides is 1. The number of carbonyl (C=O) groups is 1. The Hall–Kier alpha value is -1.62. The highest BCUT2D eigenvalue weighted by Gasteiger charge is 2.40. The predicted molar refractivity (Wildman–Crippen MR) is 78.3 cm³/mol. The van der Waals surface area contributed by atoms with Gasteiger partial charge in [0.2, 0.25) is 5.91 Å². The van der Waals surface area contributed by atoms with E-state index < -0.39 is 5.41 Å². The minimum absolute atomic E-state index is 0.226. The van der Waals surface area contributed by atoms with E-state index in [-0.39, 0.29) is 5.91 Å². The lowest BCUT2D eigenvalue weighted by atomic mass is 9.89. The largest absolute Gasteiger partial charge is 0.369 e. The molecule has 1 aliphatic heterocycles. The summed E-state index contributed by atoms with van der Waals surface area (Å²) in [5.41, 5.74) is 14.6. The van der Waals surface area contributed by atoms with Crippen LogP contribution in [0.1, 0.15) is 36.6 Å². The fourth-order valence-corrected chi connectivity index (χ4v) is 3.28. The summed E-state index contributed by atoms with van der Waals surface area (Å²) in [5.74, 6) is 0.730. The van der Waals surface area contributed by atoms with Crippen LogP contribution in [0.25, 0.3) is 0 Å². The summed E-state index contributed by atoms with van der Waals surface area (Å²) in [6, 6.07) is 2.20. The zero-order valence-electron chi connectivity index (χ0n) is 12.0. The number of pyridine rings is 1. The Labute approximate surface area is 119 Å². The molecule has 3 rings (SSSR count). The van der Waals surface area contributed by atoms with Gasteiger partial charge in [-0.2, -0.15) is 0 Å². The second-order valence-electron chi connectivity index (χ2n) is 6.23. The number of hydrogen-bond donors (Lipinski definition) is 2. The van der Waals surface area contributed by atoms with E-state index >= 15 is 0 Å². The topological polar surface area (TPSA) is 85.2 Å². The molecule has 1 aliphatic carbocycles. The summed E-state index contributed by atoms with van der Waals surface area (Å²) in [4.78, 5) is 18.6. The summed E-state index contributed by atoms with van der Waals surface area (Å²) in [5, 5.41) is 0. The third kappa shape index (κ3) is 2.06. The molecule has 108 valence electrons. The van der Waals surface area contributed by atoms with Gasteiger partial charge in [-0.1, -0.05) is 0 Å². The van der Waals surface area contributed by atoms with Crippen LogP contribution in [0.2, 0.25) is 0 Å². The molecule has 1 fully saturated rings. The first-order valence-corrected chi connectivity index (χ1v) is 7.30. The van der Waals surface area contributed by atoms with E-state index in [0.29, 0.717) is 13.1 Å². The number of nitrogens with two attached hydrogens (primary N) is 2. The Morgan fingerprint density at radius 2 is 2.30 bits per heavy atom. The van der Waals surface area contributed by atoms with Crippen LogP contribution in [-0.2, 0) is 24.2 Å². The second-order valence-corrected chi connectivity index (χ2v) is 6.23. The van der Waals surface area contributed by atoms with Gasteiger partial charge < -0.3 is 16.4 Å². The van der Waals surface area contributed by atoms with Crippen LogP contribution in [0.3, 0.4) is 0 Å². The van der Waals surface area contributed by atoms with E-state index in [1.807, 2.05) is 6.92 Å². The van der Waals surface area contributed by atoms with Crippen molar-refractivity contribution in [2.24, 2.45) is 16.9 Å². The fraction of sp³-hybridized carbons (Fsp3) is 0.600. The minimum Gasteiger partial charge on any atom is -0.369 e. The number of fused-ring (bicyclic) bond motifs is 1. The number of aromatic nitrogens is 1.